The Balaban J connectivity index is 2.81. The summed E-state index contributed by atoms with van der Waals surface area (Å²) in [6.45, 7) is 9.36. The smallest absolute Gasteiger partial charge is 0.416 e. The molecule has 0 fully saturated rings. The predicted molar refractivity (Wildman–Crippen MR) is 92.4 cm³/mol. The van der Waals surface area contributed by atoms with Gasteiger partial charge in [-0.25, -0.2) is 4.79 Å². The van der Waals surface area contributed by atoms with Crippen molar-refractivity contribution in [2.45, 2.75) is 39.5 Å². The van der Waals surface area contributed by atoms with E-state index in [4.69, 9.17) is 4.74 Å². The third kappa shape index (κ3) is 8.25. The number of alkyl halides is 3. The van der Waals surface area contributed by atoms with Gasteiger partial charge in [-0.15, -0.1) is 0 Å². The van der Waals surface area contributed by atoms with Gasteiger partial charge >= 0.3 is 12.1 Å². The Kier molecular flexibility index (Phi) is 7.50. The van der Waals surface area contributed by atoms with Gasteiger partial charge in [0.2, 0.25) is 0 Å². The second kappa shape index (κ2) is 9.12. The first-order valence-corrected chi connectivity index (χ1v) is 7.81. The summed E-state index contributed by atoms with van der Waals surface area (Å²) in [6.07, 6.45) is -2.06. The van der Waals surface area contributed by atoms with Crippen LogP contribution in [0.15, 0.2) is 42.5 Å². The average Bonchev–Trinajstić information content (AvgIpc) is 2.49. The van der Waals surface area contributed by atoms with Crippen LogP contribution in [0, 0.1) is 17.8 Å². The summed E-state index contributed by atoms with van der Waals surface area (Å²) >= 11 is 0. The molecule has 0 heterocycles. The highest BCUT2D eigenvalue weighted by molar-refractivity contribution is 5.87. The average molecular weight is 350 g/mol. The Bertz CT molecular complexity index is 704. The molecule has 1 aromatic rings. The number of carbonyl (C=O) groups excluding carboxylic acids is 1. The summed E-state index contributed by atoms with van der Waals surface area (Å²) in [5, 5.41) is 0. The van der Waals surface area contributed by atoms with Crippen molar-refractivity contribution in [3.63, 3.8) is 0 Å². The van der Waals surface area contributed by atoms with Crippen LogP contribution in [-0.2, 0) is 15.7 Å². The number of halogens is 3. The molecule has 0 bridgehead atoms. The fraction of sp³-hybridized carbons (Fsp3) is 0.350. The molecule has 1 aromatic carbocycles. The van der Waals surface area contributed by atoms with Crippen LogP contribution in [0.3, 0.4) is 0 Å². The van der Waals surface area contributed by atoms with Crippen LogP contribution in [0.5, 0.6) is 0 Å². The third-order valence-corrected chi connectivity index (χ3v) is 3.02. The fourth-order valence-corrected chi connectivity index (χ4v) is 1.93. The topological polar surface area (TPSA) is 26.3 Å². The third-order valence-electron chi connectivity index (χ3n) is 3.02. The number of benzene rings is 1. The Morgan fingerprint density at radius 1 is 1.36 bits per heavy atom. The Morgan fingerprint density at radius 3 is 2.60 bits per heavy atom. The molecule has 134 valence electrons. The van der Waals surface area contributed by atoms with Crippen LogP contribution in [0.1, 0.15) is 38.3 Å². The van der Waals surface area contributed by atoms with Gasteiger partial charge < -0.3 is 4.74 Å². The van der Waals surface area contributed by atoms with Gasteiger partial charge in [0.25, 0.3) is 0 Å². The number of hydrogen-bond donors (Lipinski definition) is 0. The second-order valence-electron chi connectivity index (χ2n) is 6.06. The lowest BCUT2D eigenvalue weighted by Gasteiger charge is -2.13. The first-order chi connectivity index (χ1) is 11.6. The van der Waals surface area contributed by atoms with E-state index in [9.17, 15) is 18.0 Å². The van der Waals surface area contributed by atoms with Crippen LogP contribution in [0.2, 0.25) is 0 Å². The lowest BCUT2D eigenvalue weighted by molar-refractivity contribution is -0.141. The molecule has 0 radical (unpaired) electrons. The van der Waals surface area contributed by atoms with Gasteiger partial charge in [-0.2, -0.15) is 13.2 Å². The zero-order valence-electron chi connectivity index (χ0n) is 14.5. The van der Waals surface area contributed by atoms with Gasteiger partial charge in [0, 0.05) is 6.08 Å². The minimum atomic E-state index is -4.43. The van der Waals surface area contributed by atoms with Gasteiger partial charge in [0.15, 0.2) is 6.10 Å². The predicted octanol–water partition coefficient (Wildman–Crippen LogP) is 5.26. The van der Waals surface area contributed by atoms with Crippen molar-refractivity contribution in [2.75, 3.05) is 0 Å². The minimum Gasteiger partial charge on any atom is -0.446 e. The van der Waals surface area contributed by atoms with E-state index in [0.717, 1.165) is 18.2 Å². The van der Waals surface area contributed by atoms with Crippen LogP contribution < -0.4 is 0 Å². The maximum absolute atomic E-state index is 12.7. The van der Waals surface area contributed by atoms with Gasteiger partial charge in [-0.3, -0.25) is 0 Å². The highest BCUT2D eigenvalue weighted by Crippen LogP contribution is 2.29. The second-order valence-corrected chi connectivity index (χ2v) is 6.06. The SMILES string of the molecule is C=C(C)C#CC(CC(C)C)OC(=O)/C=C/c1cccc(C(F)(F)F)c1. The summed E-state index contributed by atoms with van der Waals surface area (Å²) in [4.78, 5) is 11.9. The zero-order valence-corrected chi connectivity index (χ0v) is 14.5. The number of allylic oxidation sites excluding steroid dienone is 1. The van der Waals surface area contributed by atoms with E-state index >= 15 is 0 Å². The van der Waals surface area contributed by atoms with E-state index < -0.39 is 23.8 Å². The van der Waals surface area contributed by atoms with Gasteiger partial charge in [-0.05, 0) is 48.6 Å². The molecule has 1 atom stereocenters. The number of carbonyl (C=O) groups is 1. The van der Waals surface area contributed by atoms with Crippen molar-refractivity contribution in [3.05, 3.63) is 53.6 Å². The molecule has 0 aromatic heterocycles. The van der Waals surface area contributed by atoms with E-state index in [-0.39, 0.29) is 11.5 Å². The molecule has 1 unspecified atom stereocenters. The normalized spacial score (nSPS) is 12.6. The van der Waals surface area contributed by atoms with Gasteiger partial charge in [-0.1, -0.05) is 44.4 Å². The minimum absolute atomic E-state index is 0.264. The lowest BCUT2D eigenvalue weighted by Crippen LogP contribution is -2.17. The molecular formula is C20H21F3O2. The lowest BCUT2D eigenvalue weighted by atomic mass is 10.1. The number of hydrogen-bond acceptors (Lipinski definition) is 2. The van der Waals surface area contributed by atoms with Crippen molar-refractivity contribution in [3.8, 4) is 11.8 Å². The van der Waals surface area contributed by atoms with E-state index in [1.807, 2.05) is 13.8 Å². The van der Waals surface area contributed by atoms with Crippen LogP contribution in [-0.4, -0.2) is 12.1 Å². The van der Waals surface area contributed by atoms with Crippen LogP contribution in [0.25, 0.3) is 6.08 Å². The molecule has 0 saturated heterocycles. The summed E-state index contributed by atoms with van der Waals surface area (Å²) in [7, 11) is 0. The molecule has 25 heavy (non-hydrogen) atoms. The van der Waals surface area contributed by atoms with Crippen molar-refractivity contribution >= 4 is 12.0 Å². The van der Waals surface area contributed by atoms with Crippen molar-refractivity contribution < 1.29 is 22.7 Å². The molecular weight excluding hydrogens is 329 g/mol. The molecule has 0 aliphatic rings. The quantitative estimate of drug-likeness (QED) is 0.411. The van der Waals surface area contributed by atoms with Crippen molar-refractivity contribution in [1.82, 2.24) is 0 Å². The summed E-state index contributed by atoms with van der Waals surface area (Å²) in [5.74, 6) is 5.23. The molecule has 0 spiro atoms. The van der Waals surface area contributed by atoms with Crippen molar-refractivity contribution in [2.24, 2.45) is 5.92 Å². The van der Waals surface area contributed by atoms with Crippen LogP contribution in [0.4, 0.5) is 13.2 Å². The monoisotopic (exact) mass is 350 g/mol. The molecule has 0 aliphatic carbocycles. The fourth-order valence-electron chi connectivity index (χ4n) is 1.93. The molecule has 5 heteroatoms. The number of rotatable bonds is 5. The molecule has 0 saturated carbocycles. The van der Waals surface area contributed by atoms with Crippen LogP contribution >= 0.6 is 0 Å². The van der Waals surface area contributed by atoms with Gasteiger partial charge in [0.1, 0.15) is 0 Å². The van der Waals surface area contributed by atoms with E-state index in [1.54, 1.807) is 6.92 Å². The first kappa shape index (κ1) is 20.6. The Morgan fingerprint density at radius 2 is 2.04 bits per heavy atom. The van der Waals surface area contributed by atoms with E-state index in [2.05, 4.69) is 18.4 Å². The summed E-state index contributed by atoms with van der Waals surface area (Å²) in [6, 6.07) is 4.71. The molecule has 0 amide bonds. The zero-order chi connectivity index (χ0) is 19.0. The summed E-state index contributed by atoms with van der Waals surface area (Å²) in [5.41, 5.74) is 0.151. The molecule has 0 aliphatic heterocycles. The van der Waals surface area contributed by atoms with Gasteiger partial charge in [0.05, 0.1) is 5.56 Å². The van der Waals surface area contributed by atoms with E-state index in [0.29, 0.717) is 12.0 Å². The van der Waals surface area contributed by atoms with Crippen molar-refractivity contribution in [1.29, 1.82) is 0 Å². The number of esters is 1. The molecule has 2 nitrogen and oxygen atoms in total. The Hall–Kier alpha value is -2.48. The van der Waals surface area contributed by atoms with E-state index in [1.165, 1.54) is 18.2 Å². The summed E-state index contributed by atoms with van der Waals surface area (Å²) < 4.78 is 43.3. The highest BCUT2D eigenvalue weighted by atomic mass is 19.4. The first-order valence-electron chi connectivity index (χ1n) is 7.81. The maximum atomic E-state index is 12.7. The largest absolute Gasteiger partial charge is 0.446 e. The molecule has 0 N–H and O–H groups in total. The maximum Gasteiger partial charge on any atom is 0.416 e. The highest BCUT2D eigenvalue weighted by Gasteiger charge is 2.30. The Labute approximate surface area is 146 Å². The standard InChI is InChI=1S/C20H21F3O2/c1-14(2)8-10-18(12-15(3)4)25-19(24)11-9-16-6-5-7-17(13-16)20(21,22)23/h5-7,9,11,13,15,18H,1,12H2,2-4H3/b11-9+. The molecule has 1 rings (SSSR count). The number of ether oxygens (including phenoxy) is 1.